The highest BCUT2D eigenvalue weighted by Crippen LogP contribution is 2.43. The average Bonchev–Trinajstić information content (AvgIpc) is 3.52. The standard InChI is InChI=1S/C23H15ClN2O6S2/c24-13-3-8-16-12(10-13)11-17(32-16)21(27)19-20(18-2-1-9-33-18)26(23(29)22(19)28)14-4-6-15(7-5-14)34(25,30)31/h1-11,20,28H,(H2,25,30,31). The van der Waals surface area contributed by atoms with Gasteiger partial charge in [-0.1, -0.05) is 17.7 Å². The number of hydrogen-bond donors (Lipinski definition) is 2. The monoisotopic (exact) mass is 514 g/mol. The van der Waals surface area contributed by atoms with Crippen molar-refractivity contribution in [3.8, 4) is 0 Å². The van der Waals surface area contributed by atoms with E-state index in [-0.39, 0.29) is 21.9 Å². The minimum Gasteiger partial charge on any atom is -0.503 e. The van der Waals surface area contributed by atoms with E-state index in [1.165, 1.54) is 46.6 Å². The van der Waals surface area contributed by atoms with Crippen molar-refractivity contribution in [3.63, 3.8) is 0 Å². The van der Waals surface area contributed by atoms with Crippen LogP contribution >= 0.6 is 22.9 Å². The van der Waals surface area contributed by atoms with Gasteiger partial charge in [-0.25, -0.2) is 13.6 Å². The third-order valence-electron chi connectivity index (χ3n) is 5.41. The Hall–Kier alpha value is -3.44. The molecule has 1 atom stereocenters. The van der Waals surface area contributed by atoms with E-state index in [0.29, 0.717) is 20.9 Å². The van der Waals surface area contributed by atoms with Crippen LogP contribution in [0.1, 0.15) is 21.5 Å². The van der Waals surface area contributed by atoms with Gasteiger partial charge in [0.15, 0.2) is 11.5 Å². The maximum atomic E-state index is 13.5. The lowest BCUT2D eigenvalue weighted by Crippen LogP contribution is -2.30. The summed E-state index contributed by atoms with van der Waals surface area (Å²) in [6.45, 7) is 0. The van der Waals surface area contributed by atoms with E-state index in [0.717, 1.165) is 0 Å². The summed E-state index contributed by atoms with van der Waals surface area (Å²) in [5, 5.41) is 18.8. The molecule has 0 aliphatic carbocycles. The third-order valence-corrected chi connectivity index (χ3v) is 7.50. The van der Waals surface area contributed by atoms with Crippen molar-refractivity contribution < 1.29 is 27.5 Å². The van der Waals surface area contributed by atoms with Gasteiger partial charge in [-0.05, 0) is 60.0 Å². The maximum Gasteiger partial charge on any atom is 0.294 e. The van der Waals surface area contributed by atoms with E-state index in [4.69, 9.17) is 21.2 Å². The second-order valence-corrected chi connectivity index (χ2v) is 10.5. The first kappa shape index (κ1) is 22.4. The van der Waals surface area contributed by atoms with Crippen molar-refractivity contribution in [1.82, 2.24) is 0 Å². The first-order valence-electron chi connectivity index (χ1n) is 9.82. The smallest absolute Gasteiger partial charge is 0.294 e. The molecule has 0 spiro atoms. The molecule has 11 heteroatoms. The SMILES string of the molecule is NS(=O)(=O)c1ccc(N2C(=O)C(O)=C(C(=O)c3cc4cc(Cl)ccc4o3)C2c2cccs2)cc1. The van der Waals surface area contributed by atoms with Crippen LogP contribution in [-0.2, 0) is 14.8 Å². The molecule has 0 saturated carbocycles. The largest absolute Gasteiger partial charge is 0.503 e. The third kappa shape index (κ3) is 3.70. The minimum atomic E-state index is -3.94. The zero-order valence-electron chi connectivity index (χ0n) is 17.1. The number of hydrogen-bond acceptors (Lipinski definition) is 7. The van der Waals surface area contributed by atoms with Crippen LogP contribution in [0.15, 0.2) is 86.7 Å². The summed E-state index contributed by atoms with van der Waals surface area (Å²) < 4.78 is 28.9. The lowest BCUT2D eigenvalue weighted by atomic mass is 10.00. The fourth-order valence-corrected chi connectivity index (χ4v) is 5.39. The lowest BCUT2D eigenvalue weighted by molar-refractivity contribution is -0.117. The molecule has 1 unspecified atom stereocenters. The van der Waals surface area contributed by atoms with Gasteiger partial charge >= 0.3 is 0 Å². The van der Waals surface area contributed by atoms with Crippen LogP contribution in [0.4, 0.5) is 5.69 Å². The summed E-state index contributed by atoms with van der Waals surface area (Å²) in [6.07, 6.45) is 0. The van der Waals surface area contributed by atoms with E-state index in [9.17, 15) is 23.1 Å². The molecule has 0 fully saturated rings. The van der Waals surface area contributed by atoms with Crippen molar-refractivity contribution in [1.29, 1.82) is 0 Å². The number of amides is 1. The number of anilines is 1. The zero-order chi connectivity index (χ0) is 24.2. The highest BCUT2D eigenvalue weighted by Gasteiger charge is 2.45. The van der Waals surface area contributed by atoms with Gasteiger partial charge in [0.25, 0.3) is 5.91 Å². The van der Waals surface area contributed by atoms with Gasteiger partial charge in [0.1, 0.15) is 11.6 Å². The summed E-state index contributed by atoms with van der Waals surface area (Å²) in [5.74, 6) is -2.22. The molecule has 172 valence electrons. The maximum absolute atomic E-state index is 13.5. The van der Waals surface area contributed by atoms with Gasteiger partial charge in [-0.2, -0.15) is 0 Å². The summed E-state index contributed by atoms with van der Waals surface area (Å²) in [6, 6.07) is 14.2. The summed E-state index contributed by atoms with van der Waals surface area (Å²) >= 11 is 7.32. The van der Waals surface area contributed by atoms with Crippen LogP contribution in [0, 0.1) is 0 Å². The zero-order valence-corrected chi connectivity index (χ0v) is 19.5. The summed E-state index contributed by atoms with van der Waals surface area (Å²) in [7, 11) is -3.94. The summed E-state index contributed by atoms with van der Waals surface area (Å²) in [4.78, 5) is 28.4. The molecule has 4 aromatic rings. The number of fused-ring (bicyclic) bond motifs is 1. The van der Waals surface area contributed by atoms with Gasteiger partial charge in [0, 0.05) is 21.0 Å². The molecule has 8 nitrogen and oxygen atoms in total. The van der Waals surface area contributed by atoms with Gasteiger partial charge in [-0.3, -0.25) is 14.5 Å². The molecular formula is C23H15ClN2O6S2. The number of thiophene rings is 1. The molecule has 0 radical (unpaired) electrons. The number of carbonyl (C=O) groups is 2. The van der Waals surface area contributed by atoms with Crippen LogP contribution in [0.3, 0.4) is 0 Å². The van der Waals surface area contributed by atoms with E-state index in [1.807, 2.05) is 0 Å². The Labute approximate surface area is 202 Å². The number of furan rings is 1. The number of rotatable bonds is 5. The fraction of sp³-hybridized carbons (Fsp3) is 0.0435. The molecule has 1 aliphatic heterocycles. The predicted octanol–water partition coefficient (Wildman–Crippen LogP) is 4.58. The Morgan fingerprint density at radius 3 is 2.50 bits per heavy atom. The number of Topliss-reactive ketones (excluding diaryl/α,β-unsaturated/α-hetero) is 1. The Bertz CT molecular complexity index is 1590. The number of halogens is 1. The molecule has 3 N–H and O–H groups in total. The van der Waals surface area contributed by atoms with Gasteiger partial charge < -0.3 is 9.52 Å². The quantitative estimate of drug-likeness (QED) is 0.375. The number of ketones is 1. The van der Waals surface area contributed by atoms with Crippen LogP contribution in [0.25, 0.3) is 11.0 Å². The Morgan fingerprint density at radius 1 is 1.12 bits per heavy atom. The van der Waals surface area contributed by atoms with Crippen molar-refractivity contribution in [3.05, 3.63) is 93.0 Å². The number of nitrogens with zero attached hydrogens (tertiary/aromatic N) is 1. The minimum absolute atomic E-state index is 0.0559. The fourth-order valence-electron chi connectivity index (χ4n) is 3.87. The Morgan fingerprint density at radius 2 is 1.85 bits per heavy atom. The molecule has 2 aromatic carbocycles. The van der Waals surface area contributed by atoms with Crippen LogP contribution in [0.5, 0.6) is 0 Å². The van der Waals surface area contributed by atoms with Crippen LogP contribution in [0.2, 0.25) is 5.02 Å². The molecule has 34 heavy (non-hydrogen) atoms. The highest BCUT2D eigenvalue weighted by atomic mass is 35.5. The predicted molar refractivity (Wildman–Crippen MR) is 128 cm³/mol. The van der Waals surface area contributed by atoms with E-state index in [1.54, 1.807) is 35.7 Å². The Kier molecular flexibility index (Phi) is 5.33. The second kappa shape index (κ2) is 8.10. The number of aliphatic hydroxyl groups is 1. The van der Waals surface area contributed by atoms with Crippen molar-refractivity contribution in [2.75, 3.05) is 4.90 Å². The van der Waals surface area contributed by atoms with E-state index >= 15 is 0 Å². The molecular weight excluding hydrogens is 500 g/mol. The van der Waals surface area contributed by atoms with Crippen molar-refractivity contribution in [2.45, 2.75) is 10.9 Å². The number of primary sulfonamides is 1. The van der Waals surface area contributed by atoms with Gasteiger partial charge in [0.05, 0.1) is 10.5 Å². The van der Waals surface area contributed by atoms with Crippen LogP contribution in [-0.4, -0.2) is 25.2 Å². The number of aliphatic hydroxyl groups excluding tert-OH is 1. The normalized spacial score (nSPS) is 16.6. The number of sulfonamides is 1. The van der Waals surface area contributed by atoms with E-state index in [2.05, 4.69) is 0 Å². The molecule has 0 bridgehead atoms. The molecule has 1 aliphatic rings. The molecule has 2 aromatic heterocycles. The number of carbonyl (C=O) groups excluding carboxylic acids is 2. The first-order valence-corrected chi connectivity index (χ1v) is 12.6. The topological polar surface area (TPSA) is 131 Å². The lowest BCUT2D eigenvalue weighted by Gasteiger charge is -2.25. The highest BCUT2D eigenvalue weighted by molar-refractivity contribution is 7.89. The second-order valence-electron chi connectivity index (χ2n) is 7.52. The molecule has 0 saturated heterocycles. The van der Waals surface area contributed by atoms with Gasteiger partial charge in [-0.15, -0.1) is 11.3 Å². The average molecular weight is 515 g/mol. The van der Waals surface area contributed by atoms with E-state index < -0.39 is 33.5 Å². The Balaban J connectivity index is 1.61. The first-order chi connectivity index (χ1) is 16.1. The van der Waals surface area contributed by atoms with Crippen LogP contribution < -0.4 is 10.0 Å². The number of nitrogens with two attached hydrogens (primary N) is 1. The number of benzene rings is 2. The van der Waals surface area contributed by atoms with Crippen molar-refractivity contribution in [2.24, 2.45) is 5.14 Å². The molecule has 1 amide bonds. The summed E-state index contributed by atoms with van der Waals surface area (Å²) in [5.41, 5.74) is 0.565. The molecule has 5 rings (SSSR count). The molecule has 3 heterocycles. The van der Waals surface area contributed by atoms with Crippen molar-refractivity contribution >= 4 is 61.3 Å². The van der Waals surface area contributed by atoms with Gasteiger partial charge in [0.2, 0.25) is 15.8 Å².